The van der Waals surface area contributed by atoms with E-state index in [0.29, 0.717) is 22.9 Å². The van der Waals surface area contributed by atoms with Crippen molar-refractivity contribution in [2.75, 3.05) is 11.9 Å². The smallest absolute Gasteiger partial charge is 0.262 e. The number of para-hydroxylation sites is 1. The lowest BCUT2D eigenvalue weighted by Crippen LogP contribution is -2.20. The normalized spacial score (nSPS) is 10.1. The van der Waals surface area contributed by atoms with Crippen LogP contribution in [0.4, 0.5) is 5.69 Å². The van der Waals surface area contributed by atoms with Gasteiger partial charge in [-0.15, -0.1) is 0 Å². The van der Waals surface area contributed by atoms with Gasteiger partial charge in [0.2, 0.25) is 0 Å². The average Bonchev–Trinajstić information content (AvgIpc) is 2.54. The number of hydrogen-bond acceptors (Lipinski definition) is 3. The molecule has 0 aliphatic heterocycles. The van der Waals surface area contributed by atoms with E-state index in [4.69, 9.17) is 10.00 Å². The number of ether oxygens (including phenoxy) is 1. The van der Waals surface area contributed by atoms with E-state index in [1.54, 1.807) is 24.3 Å². The second-order valence-electron chi connectivity index (χ2n) is 5.22. The quantitative estimate of drug-likeness (QED) is 0.914. The Morgan fingerprint density at radius 1 is 1.18 bits per heavy atom. The van der Waals surface area contributed by atoms with Crippen LogP contribution in [0.5, 0.6) is 5.75 Å². The lowest BCUT2D eigenvalue weighted by molar-refractivity contribution is -0.118. The van der Waals surface area contributed by atoms with Gasteiger partial charge in [-0.3, -0.25) is 4.79 Å². The van der Waals surface area contributed by atoms with E-state index in [0.717, 1.165) is 0 Å². The van der Waals surface area contributed by atoms with Crippen LogP contribution in [-0.4, -0.2) is 12.5 Å². The fraction of sp³-hybridized carbons (Fsp3) is 0.222. The van der Waals surface area contributed by atoms with Gasteiger partial charge in [-0.05, 0) is 35.7 Å². The molecule has 2 aromatic carbocycles. The summed E-state index contributed by atoms with van der Waals surface area (Å²) < 4.78 is 5.45. The Hall–Kier alpha value is -2.80. The molecule has 1 N–H and O–H groups in total. The van der Waals surface area contributed by atoms with E-state index in [1.165, 1.54) is 5.56 Å². The average molecular weight is 294 g/mol. The maximum Gasteiger partial charge on any atom is 0.262 e. The van der Waals surface area contributed by atoms with Gasteiger partial charge in [-0.2, -0.15) is 5.26 Å². The van der Waals surface area contributed by atoms with Gasteiger partial charge in [-0.25, -0.2) is 0 Å². The third kappa shape index (κ3) is 4.10. The number of nitrogens with one attached hydrogen (secondary N) is 1. The predicted molar refractivity (Wildman–Crippen MR) is 85.8 cm³/mol. The zero-order valence-electron chi connectivity index (χ0n) is 12.7. The Balaban J connectivity index is 1.91. The molecule has 2 rings (SSSR count). The summed E-state index contributed by atoms with van der Waals surface area (Å²) in [6.45, 7) is 4.15. The van der Waals surface area contributed by atoms with Crippen molar-refractivity contribution in [3.63, 3.8) is 0 Å². The molecule has 1 amide bonds. The van der Waals surface area contributed by atoms with Crippen LogP contribution in [-0.2, 0) is 4.79 Å². The predicted octanol–water partition coefficient (Wildman–Crippen LogP) is 3.70. The van der Waals surface area contributed by atoms with Crippen LogP contribution < -0.4 is 10.1 Å². The molecule has 0 saturated carbocycles. The number of carbonyl (C=O) groups is 1. The Morgan fingerprint density at radius 3 is 2.50 bits per heavy atom. The summed E-state index contributed by atoms with van der Waals surface area (Å²) >= 11 is 0. The van der Waals surface area contributed by atoms with Gasteiger partial charge in [0.15, 0.2) is 6.61 Å². The number of hydrogen-bond donors (Lipinski definition) is 1. The van der Waals surface area contributed by atoms with Crippen molar-refractivity contribution >= 4 is 11.6 Å². The van der Waals surface area contributed by atoms with Crippen molar-refractivity contribution in [3.05, 3.63) is 59.7 Å². The Labute approximate surface area is 130 Å². The van der Waals surface area contributed by atoms with E-state index in [2.05, 4.69) is 19.2 Å². The minimum absolute atomic E-state index is 0.0964. The maximum absolute atomic E-state index is 11.9. The molecule has 0 atom stereocenters. The summed E-state index contributed by atoms with van der Waals surface area (Å²) in [7, 11) is 0. The van der Waals surface area contributed by atoms with Crippen LogP contribution in [0.15, 0.2) is 48.5 Å². The number of nitrogens with zero attached hydrogens (tertiary/aromatic N) is 1. The van der Waals surface area contributed by atoms with Crippen LogP contribution in [0.3, 0.4) is 0 Å². The molecule has 0 fully saturated rings. The summed E-state index contributed by atoms with van der Waals surface area (Å²) in [5.74, 6) is 0.809. The highest BCUT2D eigenvalue weighted by Gasteiger charge is 2.07. The molecule has 0 aliphatic carbocycles. The summed E-state index contributed by atoms with van der Waals surface area (Å²) in [6.07, 6.45) is 0. The fourth-order valence-electron chi connectivity index (χ4n) is 1.97. The molecule has 4 nitrogen and oxygen atoms in total. The molecule has 2 aromatic rings. The first-order valence-electron chi connectivity index (χ1n) is 7.12. The number of anilines is 1. The summed E-state index contributed by atoms with van der Waals surface area (Å²) in [4.78, 5) is 11.9. The minimum atomic E-state index is -0.296. The van der Waals surface area contributed by atoms with Crippen molar-refractivity contribution in [3.8, 4) is 11.8 Å². The van der Waals surface area contributed by atoms with E-state index in [-0.39, 0.29) is 12.5 Å². The number of carbonyl (C=O) groups excluding carboxylic acids is 1. The standard InChI is InChI=1S/C18H18N2O2/c1-13(2)14-7-9-16(10-8-14)22-12-18(21)20-17-6-4-3-5-15(17)11-19/h3-10,13H,12H2,1-2H3,(H,20,21). The molecule has 0 saturated heterocycles. The molecule has 0 heterocycles. The molecule has 0 spiro atoms. The lowest BCUT2D eigenvalue weighted by Gasteiger charge is -2.10. The highest BCUT2D eigenvalue weighted by atomic mass is 16.5. The zero-order chi connectivity index (χ0) is 15.9. The van der Waals surface area contributed by atoms with Crippen LogP contribution in [0.1, 0.15) is 30.9 Å². The second-order valence-corrected chi connectivity index (χ2v) is 5.22. The first-order chi connectivity index (χ1) is 10.6. The van der Waals surface area contributed by atoms with Gasteiger partial charge in [-0.1, -0.05) is 38.1 Å². The molecular formula is C18H18N2O2. The lowest BCUT2D eigenvalue weighted by atomic mass is 10.0. The van der Waals surface area contributed by atoms with Crippen molar-refractivity contribution in [2.24, 2.45) is 0 Å². The molecule has 4 heteroatoms. The van der Waals surface area contributed by atoms with Crippen LogP contribution >= 0.6 is 0 Å². The van der Waals surface area contributed by atoms with E-state index < -0.39 is 0 Å². The van der Waals surface area contributed by atoms with Gasteiger partial charge >= 0.3 is 0 Å². The van der Waals surface area contributed by atoms with Gasteiger partial charge in [0.05, 0.1) is 11.3 Å². The minimum Gasteiger partial charge on any atom is -0.484 e. The first kappa shape index (κ1) is 15.6. The van der Waals surface area contributed by atoms with Crippen molar-refractivity contribution in [1.82, 2.24) is 0 Å². The van der Waals surface area contributed by atoms with Crippen LogP contribution in [0.25, 0.3) is 0 Å². The van der Waals surface area contributed by atoms with Crippen molar-refractivity contribution in [2.45, 2.75) is 19.8 Å². The second kappa shape index (κ2) is 7.28. The molecule has 0 bridgehead atoms. The molecule has 0 unspecified atom stereocenters. The number of benzene rings is 2. The molecule has 0 aromatic heterocycles. The Bertz CT molecular complexity index is 685. The summed E-state index contributed by atoms with van der Waals surface area (Å²) in [6, 6.07) is 16.6. The number of rotatable bonds is 5. The van der Waals surface area contributed by atoms with Crippen molar-refractivity contribution < 1.29 is 9.53 Å². The van der Waals surface area contributed by atoms with Gasteiger partial charge in [0.25, 0.3) is 5.91 Å². The summed E-state index contributed by atoms with van der Waals surface area (Å²) in [5, 5.41) is 11.7. The van der Waals surface area contributed by atoms with E-state index in [9.17, 15) is 4.79 Å². The Morgan fingerprint density at radius 2 is 1.86 bits per heavy atom. The first-order valence-corrected chi connectivity index (χ1v) is 7.12. The highest BCUT2D eigenvalue weighted by Crippen LogP contribution is 2.18. The van der Waals surface area contributed by atoms with Crippen LogP contribution in [0, 0.1) is 11.3 Å². The maximum atomic E-state index is 11.9. The molecule has 22 heavy (non-hydrogen) atoms. The van der Waals surface area contributed by atoms with E-state index >= 15 is 0 Å². The third-order valence-electron chi connectivity index (χ3n) is 3.24. The van der Waals surface area contributed by atoms with Gasteiger partial charge in [0.1, 0.15) is 11.8 Å². The molecular weight excluding hydrogens is 276 g/mol. The monoisotopic (exact) mass is 294 g/mol. The van der Waals surface area contributed by atoms with Crippen molar-refractivity contribution in [1.29, 1.82) is 5.26 Å². The molecule has 0 radical (unpaired) electrons. The zero-order valence-corrected chi connectivity index (χ0v) is 12.7. The van der Waals surface area contributed by atoms with E-state index in [1.807, 2.05) is 30.3 Å². The fourth-order valence-corrected chi connectivity index (χ4v) is 1.97. The number of amides is 1. The topological polar surface area (TPSA) is 62.1 Å². The number of nitriles is 1. The molecule has 0 aliphatic rings. The SMILES string of the molecule is CC(C)c1ccc(OCC(=O)Nc2ccccc2C#N)cc1. The van der Waals surface area contributed by atoms with Gasteiger partial charge < -0.3 is 10.1 Å². The largest absolute Gasteiger partial charge is 0.484 e. The van der Waals surface area contributed by atoms with Gasteiger partial charge in [0, 0.05) is 0 Å². The molecule has 112 valence electrons. The third-order valence-corrected chi connectivity index (χ3v) is 3.24. The van der Waals surface area contributed by atoms with Crippen LogP contribution in [0.2, 0.25) is 0 Å². The summed E-state index contributed by atoms with van der Waals surface area (Å²) in [5.41, 5.74) is 2.14. The highest BCUT2D eigenvalue weighted by molar-refractivity contribution is 5.93. The Kier molecular flexibility index (Phi) is 5.16.